The predicted molar refractivity (Wildman–Crippen MR) is 60.9 cm³/mol. The maximum Gasteiger partial charge on any atom is 0.123 e. The molecule has 1 aromatic heterocycles. The van der Waals surface area contributed by atoms with Crippen LogP contribution in [0.5, 0.6) is 0 Å². The first kappa shape index (κ1) is 10.2. The normalized spacial score (nSPS) is 21.7. The van der Waals surface area contributed by atoms with Crippen molar-refractivity contribution in [3.63, 3.8) is 0 Å². The first-order chi connectivity index (χ1) is 7.29. The van der Waals surface area contributed by atoms with Crippen molar-refractivity contribution in [2.24, 2.45) is 0 Å². The summed E-state index contributed by atoms with van der Waals surface area (Å²) in [5.74, 6) is 0.569. The fraction of sp³-hybridized carbons (Fsp3) is 0.545. The van der Waals surface area contributed by atoms with Crippen molar-refractivity contribution < 1.29 is 4.74 Å². The van der Waals surface area contributed by atoms with Gasteiger partial charge < -0.3 is 15.4 Å². The Balaban J connectivity index is 2.06. The van der Waals surface area contributed by atoms with Gasteiger partial charge in [-0.05, 0) is 25.0 Å². The number of piperidine rings is 1. The van der Waals surface area contributed by atoms with Crippen LogP contribution in [0.3, 0.4) is 0 Å². The number of ether oxygens (including phenoxy) is 1. The number of nitrogens with two attached hydrogens (primary N) is 1. The summed E-state index contributed by atoms with van der Waals surface area (Å²) in [7, 11) is 1.77. The summed E-state index contributed by atoms with van der Waals surface area (Å²) in [6.45, 7) is 2.02. The second kappa shape index (κ2) is 4.49. The molecule has 15 heavy (non-hydrogen) atoms. The Morgan fingerprint density at radius 3 is 3.07 bits per heavy atom. The molecule has 4 heteroatoms. The van der Waals surface area contributed by atoms with Gasteiger partial charge in [0.05, 0.1) is 18.0 Å². The highest BCUT2D eigenvalue weighted by molar-refractivity contribution is 5.48. The summed E-state index contributed by atoms with van der Waals surface area (Å²) in [5.41, 5.74) is 6.69. The number of hydrogen-bond acceptors (Lipinski definition) is 4. The molecule has 0 radical (unpaired) electrons. The number of hydrogen-bond donors (Lipinski definition) is 1. The van der Waals surface area contributed by atoms with Crippen LogP contribution < -0.4 is 10.6 Å². The topological polar surface area (TPSA) is 51.4 Å². The van der Waals surface area contributed by atoms with Gasteiger partial charge in [0.1, 0.15) is 5.82 Å². The minimum Gasteiger partial charge on any atom is -0.384 e. The number of rotatable bonds is 2. The van der Waals surface area contributed by atoms with E-state index in [2.05, 4.69) is 9.88 Å². The van der Waals surface area contributed by atoms with E-state index in [0.29, 0.717) is 11.9 Å². The van der Waals surface area contributed by atoms with Gasteiger partial charge in [0.2, 0.25) is 0 Å². The molecule has 1 fully saturated rings. The van der Waals surface area contributed by atoms with Crippen LogP contribution >= 0.6 is 0 Å². The van der Waals surface area contributed by atoms with Gasteiger partial charge in [0.25, 0.3) is 0 Å². The highest BCUT2D eigenvalue weighted by Crippen LogP contribution is 2.20. The number of methoxy groups -OCH3 is 1. The maximum atomic E-state index is 5.56. The Hall–Kier alpha value is -1.29. The van der Waals surface area contributed by atoms with Crippen LogP contribution in [0.25, 0.3) is 0 Å². The number of anilines is 2. The summed E-state index contributed by atoms with van der Waals surface area (Å²) < 4.78 is 5.38. The van der Waals surface area contributed by atoms with Crippen LogP contribution in [0.1, 0.15) is 12.8 Å². The molecular formula is C11H17N3O. The number of aromatic nitrogens is 1. The lowest BCUT2D eigenvalue weighted by Gasteiger charge is -2.33. The van der Waals surface area contributed by atoms with Gasteiger partial charge in [-0.3, -0.25) is 0 Å². The van der Waals surface area contributed by atoms with Crippen molar-refractivity contribution in [1.82, 2.24) is 4.98 Å². The van der Waals surface area contributed by atoms with Gasteiger partial charge >= 0.3 is 0 Å². The molecule has 1 aliphatic rings. The zero-order valence-corrected chi connectivity index (χ0v) is 9.02. The van der Waals surface area contributed by atoms with Crippen LogP contribution in [0.2, 0.25) is 0 Å². The first-order valence-corrected chi connectivity index (χ1v) is 5.29. The highest BCUT2D eigenvalue weighted by atomic mass is 16.5. The second-order valence-electron chi connectivity index (χ2n) is 3.89. The van der Waals surface area contributed by atoms with Crippen molar-refractivity contribution in [2.75, 3.05) is 30.8 Å². The third-order valence-electron chi connectivity index (χ3n) is 2.85. The Bertz CT molecular complexity index is 312. The molecular weight excluding hydrogens is 190 g/mol. The number of pyridine rings is 1. The summed E-state index contributed by atoms with van der Waals surface area (Å²) in [6.07, 6.45) is 4.49. The molecule has 0 aliphatic carbocycles. The van der Waals surface area contributed by atoms with Gasteiger partial charge in [-0.1, -0.05) is 0 Å². The zero-order valence-electron chi connectivity index (χ0n) is 9.02. The van der Waals surface area contributed by atoms with Crippen LogP contribution in [-0.2, 0) is 4.74 Å². The van der Waals surface area contributed by atoms with Gasteiger partial charge in [-0.25, -0.2) is 4.98 Å². The van der Waals surface area contributed by atoms with E-state index < -0.39 is 0 Å². The van der Waals surface area contributed by atoms with Crippen molar-refractivity contribution in [2.45, 2.75) is 18.9 Å². The molecule has 0 unspecified atom stereocenters. The molecule has 4 nitrogen and oxygen atoms in total. The van der Waals surface area contributed by atoms with Gasteiger partial charge in [0, 0.05) is 20.2 Å². The Morgan fingerprint density at radius 1 is 1.53 bits per heavy atom. The molecule has 1 aromatic rings. The molecule has 0 saturated carbocycles. The van der Waals surface area contributed by atoms with Crippen molar-refractivity contribution in [1.29, 1.82) is 0 Å². The van der Waals surface area contributed by atoms with E-state index in [4.69, 9.17) is 10.5 Å². The SMILES string of the molecule is CO[C@H]1CCCN(c2ccc(N)nc2)C1. The smallest absolute Gasteiger partial charge is 0.123 e. The molecule has 2 rings (SSSR count). The van der Waals surface area contributed by atoms with Crippen LogP contribution in [-0.4, -0.2) is 31.3 Å². The Morgan fingerprint density at radius 2 is 2.40 bits per heavy atom. The van der Waals surface area contributed by atoms with E-state index in [9.17, 15) is 0 Å². The average Bonchev–Trinajstić information content (AvgIpc) is 2.30. The molecule has 0 bridgehead atoms. The third-order valence-corrected chi connectivity index (χ3v) is 2.85. The second-order valence-corrected chi connectivity index (χ2v) is 3.89. The zero-order chi connectivity index (χ0) is 10.7. The molecule has 1 saturated heterocycles. The van der Waals surface area contributed by atoms with E-state index >= 15 is 0 Å². The highest BCUT2D eigenvalue weighted by Gasteiger charge is 2.19. The number of nitrogens with zero attached hydrogens (tertiary/aromatic N) is 2. The summed E-state index contributed by atoms with van der Waals surface area (Å²) in [4.78, 5) is 6.40. The molecule has 82 valence electrons. The van der Waals surface area contributed by atoms with E-state index in [-0.39, 0.29) is 0 Å². The lowest BCUT2D eigenvalue weighted by molar-refractivity contribution is 0.0893. The Labute approximate surface area is 90.0 Å². The maximum absolute atomic E-state index is 5.56. The molecule has 1 aliphatic heterocycles. The monoisotopic (exact) mass is 207 g/mol. The van der Waals surface area contributed by atoms with Gasteiger partial charge in [-0.2, -0.15) is 0 Å². The first-order valence-electron chi connectivity index (χ1n) is 5.29. The largest absolute Gasteiger partial charge is 0.384 e. The molecule has 2 N–H and O–H groups in total. The Kier molecular flexibility index (Phi) is 3.06. The molecule has 0 spiro atoms. The summed E-state index contributed by atoms with van der Waals surface area (Å²) >= 11 is 0. The minimum atomic E-state index is 0.344. The molecule has 2 heterocycles. The molecule has 0 aromatic carbocycles. The van der Waals surface area contributed by atoms with E-state index in [1.54, 1.807) is 7.11 Å². The molecule has 0 amide bonds. The lowest BCUT2D eigenvalue weighted by atomic mass is 10.1. The lowest BCUT2D eigenvalue weighted by Crippen LogP contribution is -2.39. The van der Waals surface area contributed by atoms with Crippen molar-refractivity contribution >= 4 is 11.5 Å². The number of nitrogen functional groups attached to an aromatic ring is 1. The van der Waals surface area contributed by atoms with Crippen LogP contribution in [0.15, 0.2) is 18.3 Å². The average molecular weight is 207 g/mol. The standard InChI is InChI=1S/C11H17N3O/c1-15-10-3-2-6-14(8-10)9-4-5-11(12)13-7-9/h4-5,7,10H,2-3,6,8H2,1H3,(H2,12,13)/t10-/m0/s1. The minimum absolute atomic E-state index is 0.344. The van der Waals surface area contributed by atoms with Crippen LogP contribution in [0, 0.1) is 0 Å². The van der Waals surface area contributed by atoms with Crippen molar-refractivity contribution in [3.8, 4) is 0 Å². The third kappa shape index (κ3) is 2.39. The van der Waals surface area contributed by atoms with E-state index in [1.165, 1.54) is 6.42 Å². The fourth-order valence-corrected chi connectivity index (χ4v) is 1.95. The van der Waals surface area contributed by atoms with Gasteiger partial charge in [-0.15, -0.1) is 0 Å². The predicted octanol–water partition coefficient (Wildman–Crippen LogP) is 1.28. The molecule has 1 atom stereocenters. The van der Waals surface area contributed by atoms with Gasteiger partial charge in [0.15, 0.2) is 0 Å². The quantitative estimate of drug-likeness (QED) is 0.793. The summed E-state index contributed by atoms with van der Waals surface area (Å²) in [5, 5.41) is 0. The summed E-state index contributed by atoms with van der Waals surface area (Å²) in [6, 6.07) is 3.85. The van der Waals surface area contributed by atoms with E-state index in [0.717, 1.165) is 25.2 Å². The van der Waals surface area contributed by atoms with Crippen molar-refractivity contribution in [3.05, 3.63) is 18.3 Å². The van der Waals surface area contributed by atoms with E-state index in [1.807, 2.05) is 18.3 Å². The van der Waals surface area contributed by atoms with Crippen LogP contribution in [0.4, 0.5) is 11.5 Å². The fourth-order valence-electron chi connectivity index (χ4n) is 1.95.